The van der Waals surface area contributed by atoms with E-state index in [1.165, 1.54) is 4.90 Å². The highest BCUT2D eigenvalue weighted by Crippen LogP contribution is 2.24. The van der Waals surface area contributed by atoms with Crippen LogP contribution in [0.1, 0.15) is 11.4 Å². The van der Waals surface area contributed by atoms with Gasteiger partial charge < -0.3 is 9.88 Å². The number of aromatic amines is 1. The molecule has 2 aromatic carbocycles. The highest BCUT2D eigenvalue weighted by molar-refractivity contribution is 6.33. The van der Waals surface area contributed by atoms with E-state index in [0.29, 0.717) is 34.0 Å². The van der Waals surface area contributed by atoms with Gasteiger partial charge in [0.2, 0.25) is 5.91 Å². The van der Waals surface area contributed by atoms with Crippen LogP contribution in [0, 0.1) is 6.92 Å². The Balaban J connectivity index is 1.73. The quantitative estimate of drug-likeness (QED) is 0.734. The van der Waals surface area contributed by atoms with Crippen LogP contribution in [0.15, 0.2) is 47.3 Å². The predicted octanol–water partition coefficient (Wildman–Crippen LogP) is 2.98. The molecule has 1 aromatic heterocycles. The van der Waals surface area contributed by atoms with Crippen molar-refractivity contribution >= 4 is 34.1 Å². The van der Waals surface area contributed by atoms with E-state index < -0.39 is 0 Å². The average molecular weight is 385 g/mol. The molecule has 0 aliphatic carbocycles. The van der Waals surface area contributed by atoms with Gasteiger partial charge in [0, 0.05) is 7.05 Å². The average Bonchev–Trinajstić information content (AvgIpc) is 2.61. The van der Waals surface area contributed by atoms with E-state index in [2.05, 4.69) is 9.97 Å². The van der Waals surface area contributed by atoms with Gasteiger partial charge in [-0.25, -0.2) is 4.98 Å². The third-order valence-corrected chi connectivity index (χ3v) is 4.64. The number of rotatable bonds is 5. The molecule has 0 unspecified atom stereocenters. The lowest BCUT2D eigenvalue weighted by Crippen LogP contribution is -2.37. The topological polar surface area (TPSA) is 69.3 Å². The van der Waals surface area contributed by atoms with Gasteiger partial charge in [0.05, 0.1) is 34.7 Å². The Labute approximate surface area is 162 Å². The summed E-state index contributed by atoms with van der Waals surface area (Å²) in [6.07, 6.45) is 0. The lowest BCUT2D eigenvalue weighted by Gasteiger charge is -2.22. The molecule has 1 amide bonds. The van der Waals surface area contributed by atoms with E-state index in [4.69, 9.17) is 11.6 Å². The molecule has 3 rings (SSSR count). The van der Waals surface area contributed by atoms with Crippen molar-refractivity contribution in [3.05, 3.63) is 69.2 Å². The van der Waals surface area contributed by atoms with Crippen LogP contribution in [-0.4, -0.2) is 41.4 Å². The van der Waals surface area contributed by atoms with Gasteiger partial charge in [-0.1, -0.05) is 29.8 Å². The van der Waals surface area contributed by atoms with Crippen LogP contribution in [0.5, 0.6) is 0 Å². The molecule has 3 aromatic rings. The molecule has 1 heterocycles. The second-order valence-electron chi connectivity index (χ2n) is 6.61. The van der Waals surface area contributed by atoms with Gasteiger partial charge in [0.15, 0.2) is 0 Å². The Hall–Kier alpha value is -2.70. The lowest BCUT2D eigenvalue weighted by molar-refractivity contribution is -0.119. The van der Waals surface area contributed by atoms with Gasteiger partial charge in [-0.15, -0.1) is 0 Å². The van der Waals surface area contributed by atoms with E-state index in [9.17, 15) is 9.59 Å². The Morgan fingerprint density at radius 3 is 2.67 bits per heavy atom. The molecule has 0 saturated carbocycles. The molecular formula is C20H21ClN4O2. The van der Waals surface area contributed by atoms with Crippen LogP contribution in [0.25, 0.3) is 10.9 Å². The summed E-state index contributed by atoms with van der Waals surface area (Å²) in [5, 5.41) is 1.08. The first-order valence-electron chi connectivity index (χ1n) is 8.54. The molecule has 0 bridgehead atoms. The van der Waals surface area contributed by atoms with Crippen molar-refractivity contribution in [3.8, 4) is 0 Å². The van der Waals surface area contributed by atoms with E-state index in [0.717, 1.165) is 5.56 Å². The SMILES string of the molecule is Cc1ccc2c(=O)[nH]c(CN(C)CC(=O)N(C)c3ccccc3Cl)nc2c1. The normalized spacial score (nSPS) is 11.1. The smallest absolute Gasteiger partial charge is 0.258 e. The number of H-pyrrole nitrogens is 1. The van der Waals surface area contributed by atoms with E-state index in [1.54, 1.807) is 37.2 Å². The number of para-hydroxylation sites is 1. The summed E-state index contributed by atoms with van der Waals surface area (Å²) >= 11 is 6.16. The van der Waals surface area contributed by atoms with Gasteiger partial charge in [-0.2, -0.15) is 0 Å². The summed E-state index contributed by atoms with van der Waals surface area (Å²) in [7, 11) is 3.50. The summed E-state index contributed by atoms with van der Waals surface area (Å²) in [5.41, 5.74) is 2.17. The molecule has 6 nitrogen and oxygen atoms in total. The molecule has 27 heavy (non-hydrogen) atoms. The third-order valence-electron chi connectivity index (χ3n) is 4.32. The van der Waals surface area contributed by atoms with Crippen molar-refractivity contribution in [1.29, 1.82) is 0 Å². The van der Waals surface area contributed by atoms with Gasteiger partial charge in [-0.3, -0.25) is 14.5 Å². The summed E-state index contributed by atoms with van der Waals surface area (Å²) in [5.74, 6) is 0.415. The zero-order valence-electron chi connectivity index (χ0n) is 15.5. The molecule has 7 heteroatoms. The van der Waals surface area contributed by atoms with Crippen LogP contribution >= 0.6 is 11.6 Å². The number of likely N-dealkylation sites (N-methyl/N-ethyl adjacent to an activating group) is 2. The fourth-order valence-electron chi connectivity index (χ4n) is 2.88. The predicted molar refractivity (Wildman–Crippen MR) is 108 cm³/mol. The summed E-state index contributed by atoms with van der Waals surface area (Å²) < 4.78 is 0. The van der Waals surface area contributed by atoms with Crippen LogP contribution in [-0.2, 0) is 11.3 Å². The van der Waals surface area contributed by atoms with Crippen molar-refractivity contribution < 1.29 is 4.79 Å². The fourth-order valence-corrected chi connectivity index (χ4v) is 3.14. The van der Waals surface area contributed by atoms with Crippen LogP contribution in [0.3, 0.4) is 0 Å². The van der Waals surface area contributed by atoms with Crippen molar-refractivity contribution in [2.24, 2.45) is 0 Å². The molecular weight excluding hydrogens is 364 g/mol. The summed E-state index contributed by atoms with van der Waals surface area (Å²) in [4.78, 5) is 35.4. The molecule has 0 fully saturated rings. The largest absolute Gasteiger partial charge is 0.313 e. The van der Waals surface area contributed by atoms with Gasteiger partial charge in [-0.05, 0) is 43.8 Å². The minimum Gasteiger partial charge on any atom is -0.313 e. The summed E-state index contributed by atoms with van der Waals surface area (Å²) in [6, 6.07) is 12.7. The van der Waals surface area contributed by atoms with Crippen LogP contribution < -0.4 is 10.5 Å². The number of carbonyl (C=O) groups is 1. The van der Waals surface area contributed by atoms with Crippen LogP contribution in [0.2, 0.25) is 5.02 Å². The lowest BCUT2D eigenvalue weighted by atomic mass is 10.2. The van der Waals surface area contributed by atoms with Crippen molar-refractivity contribution in [3.63, 3.8) is 0 Å². The minimum atomic E-state index is -0.178. The fraction of sp³-hybridized carbons (Fsp3) is 0.250. The minimum absolute atomic E-state index is 0.107. The molecule has 0 aliphatic heterocycles. The number of hydrogen-bond acceptors (Lipinski definition) is 4. The zero-order valence-corrected chi connectivity index (χ0v) is 16.2. The van der Waals surface area contributed by atoms with E-state index >= 15 is 0 Å². The first-order valence-corrected chi connectivity index (χ1v) is 8.92. The Bertz CT molecular complexity index is 1050. The standard InChI is InChI=1S/C20H21ClN4O2/c1-13-8-9-14-16(10-13)22-18(23-20(14)27)11-24(2)12-19(26)25(3)17-7-5-4-6-15(17)21/h4-10H,11-12H2,1-3H3,(H,22,23,27). The monoisotopic (exact) mass is 384 g/mol. The van der Waals surface area contributed by atoms with Gasteiger partial charge in [0.25, 0.3) is 5.56 Å². The molecule has 1 N–H and O–H groups in total. The maximum absolute atomic E-state index is 12.6. The Morgan fingerprint density at radius 1 is 1.19 bits per heavy atom. The van der Waals surface area contributed by atoms with Gasteiger partial charge >= 0.3 is 0 Å². The number of nitrogens with one attached hydrogen (secondary N) is 1. The first kappa shape index (κ1) is 19.1. The van der Waals surface area contributed by atoms with E-state index in [1.807, 2.05) is 31.2 Å². The molecule has 0 saturated heterocycles. The number of aryl methyl sites for hydroxylation is 1. The number of anilines is 1. The van der Waals surface area contributed by atoms with Gasteiger partial charge in [0.1, 0.15) is 5.82 Å². The van der Waals surface area contributed by atoms with Crippen molar-refractivity contribution in [2.45, 2.75) is 13.5 Å². The number of amides is 1. The number of hydrogen-bond donors (Lipinski definition) is 1. The number of benzene rings is 2. The molecule has 140 valence electrons. The molecule has 0 atom stereocenters. The highest BCUT2D eigenvalue weighted by atomic mass is 35.5. The third kappa shape index (κ3) is 4.35. The second kappa shape index (κ2) is 7.90. The Kier molecular flexibility index (Phi) is 5.58. The Morgan fingerprint density at radius 2 is 1.93 bits per heavy atom. The van der Waals surface area contributed by atoms with Crippen molar-refractivity contribution in [2.75, 3.05) is 25.5 Å². The second-order valence-corrected chi connectivity index (χ2v) is 7.02. The molecule has 0 radical (unpaired) electrons. The number of fused-ring (bicyclic) bond motifs is 1. The van der Waals surface area contributed by atoms with E-state index in [-0.39, 0.29) is 18.0 Å². The van der Waals surface area contributed by atoms with Crippen LogP contribution in [0.4, 0.5) is 5.69 Å². The number of carbonyl (C=O) groups excluding carboxylic acids is 1. The van der Waals surface area contributed by atoms with Crippen molar-refractivity contribution in [1.82, 2.24) is 14.9 Å². The maximum atomic E-state index is 12.6. The first-order chi connectivity index (χ1) is 12.8. The number of halogens is 1. The highest BCUT2D eigenvalue weighted by Gasteiger charge is 2.16. The number of aromatic nitrogens is 2. The number of nitrogens with zero attached hydrogens (tertiary/aromatic N) is 3. The maximum Gasteiger partial charge on any atom is 0.258 e. The summed E-state index contributed by atoms with van der Waals surface area (Å²) in [6.45, 7) is 2.47. The molecule has 0 aliphatic rings. The zero-order chi connectivity index (χ0) is 19.6. The molecule has 0 spiro atoms.